The van der Waals surface area contributed by atoms with Crippen LogP contribution in [-0.4, -0.2) is 44.6 Å². The van der Waals surface area contributed by atoms with E-state index in [0.717, 1.165) is 18.8 Å². The largest absolute Gasteiger partial charge is 0.345 e. The minimum atomic E-state index is 0.0589. The fourth-order valence-corrected chi connectivity index (χ4v) is 3.66. The van der Waals surface area contributed by atoms with Crippen LogP contribution >= 0.6 is 0 Å². The Balaban J connectivity index is 1.66. The summed E-state index contributed by atoms with van der Waals surface area (Å²) in [7, 11) is 1.90. The molecule has 0 N–H and O–H groups in total. The van der Waals surface area contributed by atoms with Crippen molar-refractivity contribution in [3.8, 4) is 0 Å². The van der Waals surface area contributed by atoms with Gasteiger partial charge in [-0.2, -0.15) is 0 Å². The van der Waals surface area contributed by atoms with Gasteiger partial charge in [-0.3, -0.25) is 4.79 Å². The number of amides is 1. The van der Waals surface area contributed by atoms with Gasteiger partial charge in [-0.15, -0.1) is 5.10 Å². The van der Waals surface area contributed by atoms with Crippen molar-refractivity contribution in [2.75, 3.05) is 13.6 Å². The zero-order valence-electron chi connectivity index (χ0n) is 14.9. The molecular weight excluding hydrogens is 302 g/mol. The van der Waals surface area contributed by atoms with Crippen molar-refractivity contribution >= 4 is 5.91 Å². The van der Waals surface area contributed by atoms with E-state index in [-0.39, 0.29) is 16.7 Å². The lowest BCUT2D eigenvalue weighted by atomic mass is 9.87. The third kappa shape index (κ3) is 2.92. The standard InChI is InChI=1S/C18H25N5O/c1-14-19-20-21-23(14)11-10-16(24)22(4)13-18(12-17(18,2)3)15-8-6-5-7-9-15/h5-9H,10-13H2,1-4H3/t18-/m0/s1. The SMILES string of the molecule is Cc1nnnn1CCC(=O)N(C)C[C@]1(c2ccccc2)CC1(C)C. The van der Waals surface area contributed by atoms with Crippen LogP contribution < -0.4 is 0 Å². The van der Waals surface area contributed by atoms with Crippen LogP contribution in [0.5, 0.6) is 0 Å². The summed E-state index contributed by atoms with van der Waals surface area (Å²) in [5.74, 6) is 0.859. The summed E-state index contributed by atoms with van der Waals surface area (Å²) in [6.45, 7) is 7.66. The molecule has 0 unspecified atom stereocenters. The summed E-state index contributed by atoms with van der Waals surface area (Å²) < 4.78 is 1.67. The van der Waals surface area contributed by atoms with Gasteiger partial charge in [0.15, 0.2) is 0 Å². The quantitative estimate of drug-likeness (QED) is 0.816. The Bertz CT molecular complexity index is 724. The Morgan fingerprint density at radius 2 is 1.96 bits per heavy atom. The maximum absolute atomic E-state index is 12.5. The second kappa shape index (κ2) is 6.00. The maximum atomic E-state index is 12.5. The van der Waals surface area contributed by atoms with Crippen LogP contribution in [0.4, 0.5) is 0 Å². The Labute approximate surface area is 142 Å². The minimum absolute atomic E-state index is 0.0589. The molecule has 1 aromatic heterocycles. The van der Waals surface area contributed by atoms with Crippen LogP contribution in [-0.2, 0) is 16.8 Å². The zero-order valence-corrected chi connectivity index (χ0v) is 14.9. The van der Waals surface area contributed by atoms with Gasteiger partial charge in [0.1, 0.15) is 5.82 Å². The Morgan fingerprint density at radius 1 is 1.29 bits per heavy atom. The van der Waals surface area contributed by atoms with Crippen LogP contribution in [0, 0.1) is 12.3 Å². The van der Waals surface area contributed by atoms with Gasteiger partial charge in [0, 0.05) is 25.4 Å². The van der Waals surface area contributed by atoms with Gasteiger partial charge in [0.05, 0.1) is 6.54 Å². The molecule has 1 aliphatic rings. The maximum Gasteiger partial charge on any atom is 0.224 e. The first kappa shape index (κ1) is 16.6. The van der Waals surface area contributed by atoms with Gasteiger partial charge >= 0.3 is 0 Å². The van der Waals surface area contributed by atoms with Crippen LogP contribution in [0.3, 0.4) is 0 Å². The fourth-order valence-electron chi connectivity index (χ4n) is 3.66. The van der Waals surface area contributed by atoms with E-state index in [1.165, 1.54) is 5.56 Å². The molecule has 1 fully saturated rings. The molecule has 1 amide bonds. The van der Waals surface area contributed by atoms with E-state index in [9.17, 15) is 4.79 Å². The summed E-state index contributed by atoms with van der Waals surface area (Å²) in [6.07, 6.45) is 1.52. The molecule has 0 saturated heterocycles. The number of likely N-dealkylation sites (N-methyl/N-ethyl adjacent to an activating group) is 1. The van der Waals surface area contributed by atoms with Crippen molar-refractivity contribution < 1.29 is 4.79 Å². The van der Waals surface area contributed by atoms with Crippen LogP contribution in [0.2, 0.25) is 0 Å². The van der Waals surface area contributed by atoms with Crippen LogP contribution in [0.1, 0.15) is 38.1 Å². The summed E-state index contributed by atoms with van der Waals surface area (Å²) in [6, 6.07) is 10.5. The van der Waals surface area contributed by atoms with Crippen LogP contribution in [0.25, 0.3) is 0 Å². The van der Waals surface area contributed by atoms with Crippen molar-refractivity contribution in [2.24, 2.45) is 5.41 Å². The molecule has 0 spiro atoms. The highest BCUT2D eigenvalue weighted by Crippen LogP contribution is 2.64. The lowest BCUT2D eigenvalue weighted by molar-refractivity contribution is -0.130. The van der Waals surface area contributed by atoms with E-state index in [1.54, 1.807) is 4.68 Å². The average Bonchev–Trinajstić information content (AvgIpc) is 2.89. The topological polar surface area (TPSA) is 63.9 Å². The number of benzene rings is 1. The monoisotopic (exact) mass is 327 g/mol. The van der Waals surface area contributed by atoms with E-state index in [1.807, 2.05) is 24.9 Å². The van der Waals surface area contributed by atoms with Gasteiger partial charge in [-0.25, -0.2) is 4.68 Å². The van der Waals surface area contributed by atoms with Gasteiger partial charge in [-0.1, -0.05) is 44.2 Å². The lowest BCUT2D eigenvalue weighted by Gasteiger charge is -2.28. The first-order valence-electron chi connectivity index (χ1n) is 8.38. The fraction of sp³-hybridized carbons (Fsp3) is 0.556. The molecule has 0 aliphatic heterocycles. The molecule has 1 aliphatic carbocycles. The van der Waals surface area contributed by atoms with Crippen molar-refractivity contribution in [1.82, 2.24) is 25.1 Å². The number of rotatable bonds is 6. The van der Waals surface area contributed by atoms with E-state index in [2.05, 4.69) is 53.6 Å². The average molecular weight is 327 g/mol. The number of tetrazole rings is 1. The number of carbonyl (C=O) groups is 1. The molecule has 0 bridgehead atoms. The minimum Gasteiger partial charge on any atom is -0.345 e. The molecule has 1 heterocycles. The summed E-state index contributed by atoms with van der Waals surface area (Å²) >= 11 is 0. The Kier molecular flexibility index (Phi) is 4.15. The van der Waals surface area contributed by atoms with Crippen molar-refractivity contribution in [3.05, 3.63) is 41.7 Å². The van der Waals surface area contributed by atoms with E-state index >= 15 is 0 Å². The molecule has 0 radical (unpaired) electrons. The molecule has 1 atom stereocenters. The van der Waals surface area contributed by atoms with Crippen molar-refractivity contribution in [3.63, 3.8) is 0 Å². The molecule has 3 rings (SSSR count). The number of hydrogen-bond donors (Lipinski definition) is 0. The van der Waals surface area contributed by atoms with Crippen molar-refractivity contribution in [1.29, 1.82) is 0 Å². The number of nitrogens with zero attached hydrogens (tertiary/aromatic N) is 5. The van der Waals surface area contributed by atoms with Crippen LogP contribution in [0.15, 0.2) is 30.3 Å². The molecular formula is C18H25N5O. The smallest absolute Gasteiger partial charge is 0.224 e. The second-order valence-electron chi connectivity index (χ2n) is 7.46. The van der Waals surface area contributed by atoms with Gasteiger partial charge in [0.2, 0.25) is 5.91 Å². The molecule has 24 heavy (non-hydrogen) atoms. The molecule has 1 aromatic carbocycles. The number of aryl methyl sites for hydroxylation is 2. The highest BCUT2D eigenvalue weighted by molar-refractivity contribution is 5.76. The Morgan fingerprint density at radius 3 is 2.50 bits per heavy atom. The van der Waals surface area contributed by atoms with Gasteiger partial charge in [-0.05, 0) is 34.7 Å². The van der Waals surface area contributed by atoms with E-state index < -0.39 is 0 Å². The number of carbonyl (C=O) groups excluding carboxylic acids is 1. The third-order valence-electron chi connectivity index (χ3n) is 5.42. The predicted molar refractivity (Wildman–Crippen MR) is 91.3 cm³/mol. The highest BCUT2D eigenvalue weighted by atomic mass is 16.2. The zero-order chi connectivity index (χ0) is 17.4. The molecule has 6 nitrogen and oxygen atoms in total. The molecule has 6 heteroatoms. The van der Waals surface area contributed by atoms with Gasteiger partial charge < -0.3 is 4.90 Å². The third-order valence-corrected chi connectivity index (χ3v) is 5.42. The second-order valence-corrected chi connectivity index (χ2v) is 7.46. The lowest BCUT2D eigenvalue weighted by Crippen LogP contribution is -2.37. The van der Waals surface area contributed by atoms with Gasteiger partial charge in [0.25, 0.3) is 0 Å². The number of hydrogen-bond acceptors (Lipinski definition) is 4. The Hall–Kier alpha value is -2.24. The summed E-state index contributed by atoms with van der Waals surface area (Å²) in [5, 5.41) is 11.3. The molecule has 1 saturated carbocycles. The number of aromatic nitrogens is 4. The predicted octanol–water partition coefficient (Wildman–Crippen LogP) is 2.20. The summed E-state index contributed by atoms with van der Waals surface area (Å²) in [5.41, 5.74) is 1.60. The first-order valence-corrected chi connectivity index (χ1v) is 8.38. The highest BCUT2D eigenvalue weighted by Gasteiger charge is 2.62. The van der Waals surface area contributed by atoms with E-state index in [0.29, 0.717) is 13.0 Å². The molecule has 2 aromatic rings. The first-order chi connectivity index (χ1) is 11.4. The van der Waals surface area contributed by atoms with Crippen molar-refractivity contribution in [2.45, 2.75) is 45.6 Å². The normalized spacial score (nSPS) is 21.5. The summed E-state index contributed by atoms with van der Waals surface area (Å²) in [4.78, 5) is 14.4. The molecule has 128 valence electrons. The van der Waals surface area contributed by atoms with E-state index in [4.69, 9.17) is 0 Å².